The van der Waals surface area contributed by atoms with Gasteiger partial charge in [0.25, 0.3) is 0 Å². The second kappa shape index (κ2) is 10.5. The van der Waals surface area contributed by atoms with Gasteiger partial charge in [0.05, 0.1) is 5.52 Å². The number of hydrogen-bond acceptors (Lipinski definition) is 7. The third-order valence-electron chi connectivity index (χ3n) is 4.92. The molecule has 0 saturated carbocycles. The van der Waals surface area contributed by atoms with Crippen LogP contribution in [0.3, 0.4) is 0 Å². The molecule has 1 aromatic carbocycles. The predicted molar refractivity (Wildman–Crippen MR) is 121 cm³/mol. The quantitative estimate of drug-likeness (QED) is 0.265. The molecule has 0 atom stereocenters. The van der Waals surface area contributed by atoms with Gasteiger partial charge in [0.15, 0.2) is 0 Å². The van der Waals surface area contributed by atoms with E-state index in [1.54, 1.807) is 18.2 Å². The summed E-state index contributed by atoms with van der Waals surface area (Å²) in [6.07, 6.45) is 2.32. The lowest BCUT2D eigenvalue weighted by Gasteiger charge is -2.38. The highest BCUT2D eigenvalue weighted by atomic mass is 32.2. The van der Waals surface area contributed by atoms with E-state index in [2.05, 4.69) is 16.3 Å². The maximum absolute atomic E-state index is 12.7. The predicted octanol–water partition coefficient (Wildman–Crippen LogP) is 0.943. The van der Waals surface area contributed by atoms with Crippen molar-refractivity contribution in [2.45, 2.75) is 17.0 Å². The van der Waals surface area contributed by atoms with Crippen molar-refractivity contribution in [3.63, 3.8) is 0 Å². The van der Waals surface area contributed by atoms with Crippen molar-refractivity contribution in [1.82, 2.24) is 19.1 Å². The normalized spacial score (nSPS) is 15.0. The van der Waals surface area contributed by atoms with Gasteiger partial charge in [0.2, 0.25) is 17.7 Å². The van der Waals surface area contributed by atoms with Gasteiger partial charge in [-0.25, -0.2) is 9.29 Å². The largest absolute Gasteiger partial charge is 0.416 e. The molecule has 1 aromatic heterocycles. The zero-order chi connectivity index (χ0) is 24.2. The summed E-state index contributed by atoms with van der Waals surface area (Å²) in [5.41, 5.74) is -2.49. The molecule has 0 aliphatic carbocycles. The summed E-state index contributed by atoms with van der Waals surface area (Å²) in [6, 6.07) is 6.98. The van der Waals surface area contributed by atoms with Gasteiger partial charge in [-0.15, -0.1) is 0 Å². The summed E-state index contributed by atoms with van der Waals surface area (Å²) in [5.74, 6) is -1.33. The van der Waals surface area contributed by atoms with E-state index in [9.17, 15) is 23.5 Å². The Kier molecular flexibility index (Phi) is 7.98. The smallest absolute Gasteiger partial charge is 0.388 e. The van der Waals surface area contributed by atoms with Gasteiger partial charge in [-0.05, 0) is 36.2 Å². The fourth-order valence-corrected chi connectivity index (χ4v) is 4.34. The van der Waals surface area contributed by atoms with E-state index in [0.717, 1.165) is 16.4 Å². The number of halogens is 2. The van der Waals surface area contributed by atoms with Crippen LogP contribution < -0.4 is 4.74 Å². The van der Waals surface area contributed by atoms with Crippen LogP contribution in [0.4, 0.5) is 8.78 Å². The van der Waals surface area contributed by atoms with Crippen LogP contribution >= 0.6 is 11.9 Å². The van der Waals surface area contributed by atoms with Gasteiger partial charge >= 0.3 is 6.61 Å². The summed E-state index contributed by atoms with van der Waals surface area (Å²) >= 11 is 1.43. The molecule has 13 heteroatoms. The van der Waals surface area contributed by atoms with Crippen LogP contribution in [-0.2, 0) is 9.59 Å². The van der Waals surface area contributed by atoms with Gasteiger partial charge < -0.3 is 19.6 Å². The van der Waals surface area contributed by atoms with Crippen molar-refractivity contribution in [3.05, 3.63) is 43.1 Å². The van der Waals surface area contributed by atoms with Crippen LogP contribution in [0.15, 0.2) is 48.0 Å². The molecule has 2 heterocycles. The number of nitrogens with zero attached hydrogens (tertiary/aromatic N) is 4. The van der Waals surface area contributed by atoms with Crippen LogP contribution in [0, 0.1) is 0 Å². The molecule has 0 bridgehead atoms. The van der Waals surface area contributed by atoms with Gasteiger partial charge in [0, 0.05) is 48.0 Å². The molecular formula is C20H20B2F2N4O4S. The number of pyridine rings is 1. The maximum atomic E-state index is 12.7. The fraction of sp³-hybridized carbons (Fsp3) is 0.350. The second-order valence-electron chi connectivity index (χ2n) is 7.16. The molecule has 2 amide bonds. The lowest BCUT2D eigenvalue weighted by atomic mass is 9.71. The number of aromatic nitrogens is 1. The highest BCUT2D eigenvalue weighted by Crippen LogP contribution is 2.34. The van der Waals surface area contributed by atoms with Crippen molar-refractivity contribution < 1.29 is 28.2 Å². The molecule has 1 N–H and O–H groups in total. The van der Waals surface area contributed by atoms with Crippen LogP contribution in [-0.4, -0.2) is 96.6 Å². The van der Waals surface area contributed by atoms with Crippen LogP contribution in [0.1, 0.15) is 0 Å². The minimum Gasteiger partial charge on any atom is -0.416 e. The van der Waals surface area contributed by atoms with Gasteiger partial charge in [-0.3, -0.25) is 9.59 Å². The number of fused-ring (bicyclic) bond motifs is 1. The number of rotatable bonds is 8. The molecule has 2 aromatic rings. The van der Waals surface area contributed by atoms with Crippen molar-refractivity contribution in [1.29, 1.82) is 0 Å². The summed E-state index contributed by atoms with van der Waals surface area (Å²) < 4.78 is 31.9. The third kappa shape index (κ3) is 6.24. The second-order valence-corrected chi connectivity index (χ2v) is 8.30. The molecule has 33 heavy (non-hydrogen) atoms. The summed E-state index contributed by atoms with van der Waals surface area (Å²) in [6.45, 7) is 1.57. The van der Waals surface area contributed by atoms with Crippen molar-refractivity contribution in [2.75, 3.05) is 32.7 Å². The first-order chi connectivity index (χ1) is 15.6. The fourth-order valence-electron chi connectivity index (χ4n) is 3.30. The Labute approximate surface area is 196 Å². The van der Waals surface area contributed by atoms with E-state index in [0.29, 0.717) is 36.5 Å². The molecule has 4 radical (unpaired) electrons. The standard InChI is InChI=1S/C20H20B2F2N4O4S/c1-2-16(29)28(20(21,22)31)12-17(30)26-8-10-27(11-9-26)33-15-5-3-4-14-13(15)6-7-25-18(14)32-19(23)24/h2-7,19,31H,1,8-12H2. The first-order valence-corrected chi connectivity index (χ1v) is 10.6. The van der Waals surface area contributed by atoms with E-state index in [4.69, 9.17) is 15.7 Å². The Bertz CT molecular complexity index is 1030. The van der Waals surface area contributed by atoms with Crippen molar-refractivity contribution >= 4 is 50.2 Å². The topological polar surface area (TPSA) is 86.2 Å². The Hall–Kier alpha value is -2.63. The molecule has 1 aliphatic heterocycles. The number of piperazine rings is 1. The van der Waals surface area contributed by atoms with Gasteiger partial charge in [0.1, 0.15) is 22.2 Å². The molecule has 3 rings (SSSR count). The molecule has 170 valence electrons. The molecule has 0 spiro atoms. The van der Waals surface area contributed by atoms with Gasteiger partial charge in [-0.1, -0.05) is 12.6 Å². The number of carbonyl (C=O) groups is 2. The van der Waals surface area contributed by atoms with Crippen molar-refractivity contribution in [2.24, 2.45) is 0 Å². The third-order valence-corrected chi connectivity index (χ3v) is 6.09. The number of alkyl halides is 2. The molecule has 8 nitrogen and oxygen atoms in total. The monoisotopic (exact) mass is 472 g/mol. The Morgan fingerprint density at radius 1 is 1.27 bits per heavy atom. The molecule has 1 aliphatic rings. The zero-order valence-electron chi connectivity index (χ0n) is 17.6. The van der Waals surface area contributed by atoms with Crippen LogP contribution in [0.25, 0.3) is 10.8 Å². The Morgan fingerprint density at radius 2 is 1.97 bits per heavy atom. The summed E-state index contributed by atoms with van der Waals surface area (Å²) in [5, 5.41) is 11.0. The number of carbonyl (C=O) groups excluding carboxylic acids is 2. The van der Waals surface area contributed by atoms with E-state index in [-0.39, 0.29) is 5.88 Å². The molecule has 1 saturated heterocycles. The lowest BCUT2D eigenvalue weighted by Crippen LogP contribution is -2.57. The van der Waals surface area contributed by atoms with E-state index in [1.807, 2.05) is 10.4 Å². The highest BCUT2D eigenvalue weighted by Gasteiger charge is 2.30. The van der Waals surface area contributed by atoms with Gasteiger partial charge in [-0.2, -0.15) is 8.78 Å². The van der Waals surface area contributed by atoms with Crippen LogP contribution in [0.5, 0.6) is 5.88 Å². The molecule has 1 fully saturated rings. The maximum Gasteiger partial charge on any atom is 0.388 e. The summed E-state index contributed by atoms with van der Waals surface area (Å²) in [7, 11) is 10.8. The minimum absolute atomic E-state index is 0.140. The van der Waals surface area contributed by atoms with E-state index < -0.39 is 30.5 Å². The minimum atomic E-state index is -2.97. The highest BCUT2D eigenvalue weighted by molar-refractivity contribution is 7.97. The SMILES string of the molecule is [B]C([B])(O)N(CC(=O)N1CCN(Sc2cccc3c(OC(F)F)nccc23)CC1)C(=O)C=C. The van der Waals surface area contributed by atoms with E-state index >= 15 is 0 Å². The molecule has 0 unspecified atom stereocenters. The average Bonchev–Trinajstić information content (AvgIpc) is 2.77. The summed E-state index contributed by atoms with van der Waals surface area (Å²) in [4.78, 5) is 31.4. The number of ether oxygens (including phenoxy) is 1. The number of hydrogen-bond donors (Lipinski definition) is 1. The number of benzene rings is 1. The van der Waals surface area contributed by atoms with Crippen LogP contribution in [0.2, 0.25) is 0 Å². The Morgan fingerprint density at radius 3 is 2.58 bits per heavy atom. The first kappa shape index (κ1) is 25.0. The van der Waals surface area contributed by atoms with E-state index in [1.165, 1.54) is 23.0 Å². The first-order valence-electron chi connectivity index (χ1n) is 9.87. The zero-order valence-corrected chi connectivity index (χ0v) is 18.4. The molecular weight excluding hydrogens is 452 g/mol. The number of aliphatic hydroxyl groups is 1. The van der Waals surface area contributed by atoms with Crippen molar-refractivity contribution in [3.8, 4) is 5.88 Å². The lowest BCUT2D eigenvalue weighted by molar-refractivity contribution is -0.145. The Balaban J connectivity index is 1.64. The number of amides is 2. The average molecular weight is 472 g/mol.